The van der Waals surface area contributed by atoms with E-state index in [0.717, 1.165) is 5.69 Å². The zero-order valence-corrected chi connectivity index (χ0v) is 11.7. The first-order valence-corrected chi connectivity index (χ1v) is 6.47. The van der Waals surface area contributed by atoms with Gasteiger partial charge in [-0.05, 0) is 19.3 Å². The van der Waals surface area contributed by atoms with Crippen molar-refractivity contribution in [1.29, 1.82) is 0 Å². The highest BCUT2D eigenvalue weighted by atomic mass is 16.3. The van der Waals surface area contributed by atoms with Crippen molar-refractivity contribution in [3.63, 3.8) is 0 Å². The number of aryl methyl sites for hydroxylation is 2. The van der Waals surface area contributed by atoms with Crippen LogP contribution in [0.25, 0.3) is 0 Å². The molecule has 0 aromatic carbocycles. The van der Waals surface area contributed by atoms with Crippen LogP contribution in [0.15, 0.2) is 6.20 Å². The second kappa shape index (κ2) is 6.00. The standard InChI is InChI=1S/C13H23N3O2/c1-5-11-10(8-16(4)15-11)12(18)14-13(6-2,7-3)9-17/h8,17H,5-7,9H2,1-4H3,(H,14,18). The minimum Gasteiger partial charge on any atom is -0.394 e. The summed E-state index contributed by atoms with van der Waals surface area (Å²) in [6.07, 6.45) is 3.84. The van der Waals surface area contributed by atoms with E-state index in [-0.39, 0.29) is 12.5 Å². The lowest BCUT2D eigenvalue weighted by atomic mass is 9.93. The molecule has 0 aliphatic heterocycles. The summed E-state index contributed by atoms with van der Waals surface area (Å²) in [5.74, 6) is -0.155. The molecule has 5 heteroatoms. The fourth-order valence-corrected chi connectivity index (χ4v) is 1.98. The normalized spacial score (nSPS) is 11.6. The molecule has 0 fully saturated rings. The fourth-order valence-electron chi connectivity index (χ4n) is 1.98. The maximum absolute atomic E-state index is 12.3. The highest BCUT2D eigenvalue weighted by Crippen LogP contribution is 2.16. The highest BCUT2D eigenvalue weighted by Gasteiger charge is 2.28. The number of carbonyl (C=O) groups is 1. The Kier molecular flexibility index (Phi) is 4.90. The average Bonchev–Trinajstić information content (AvgIpc) is 2.77. The molecule has 18 heavy (non-hydrogen) atoms. The number of nitrogens with one attached hydrogen (secondary N) is 1. The molecule has 1 aromatic rings. The van der Waals surface area contributed by atoms with Crippen LogP contribution in [0.5, 0.6) is 0 Å². The van der Waals surface area contributed by atoms with Gasteiger partial charge in [0.15, 0.2) is 0 Å². The number of aromatic nitrogens is 2. The SMILES string of the molecule is CCc1nn(C)cc1C(=O)NC(CC)(CC)CO. The second-order valence-electron chi connectivity index (χ2n) is 4.62. The molecule has 0 spiro atoms. The van der Waals surface area contributed by atoms with Crippen LogP contribution in [0.4, 0.5) is 0 Å². The lowest BCUT2D eigenvalue weighted by Crippen LogP contribution is -2.50. The fraction of sp³-hybridized carbons (Fsp3) is 0.692. The summed E-state index contributed by atoms with van der Waals surface area (Å²) >= 11 is 0. The molecule has 0 saturated heterocycles. The van der Waals surface area contributed by atoms with Gasteiger partial charge < -0.3 is 10.4 Å². The summed E-state index contributed by atoms with van der Waals surface area (Å²) in [5.41, 5.74) is 0.853. The van der Waals surface area contributed by atoms with Crippen molar-refractivity contribution in [2.75, 3.05) is 6.61 Å². The Bertz CT molecular complexity index is 400. The third-order valence-electron chi connectivity index (χ3n) is 3.52. The van der Waals surface area contributed by atoms with E-state index in [1.807, 2.05) is 20.8 Å². The van der Waals surface area contributed by atoms with Gasteiger partial charge in [0.1, 0.15) is 0 Å². The summed E-state index contributed by atoms with van der Waals surface area (Å²) in [7, 11) is 1.80. The third-order valence-corrected chi connectivity index (χ3v) is 3.52. The van der Waals surface area contributed by atoms with Crippen molar-refractivity contribution in [1.82, 2.24) is 15.1 Å². The molecule has 5 nitrogen and oxygen atoms in total. The largest absolute Gasteiger partial charge is 0.394 e. The van der Waals surface area contributed by atoms with Crippen molar-refractivity contribution in [3.8, 4) is 0 Å². The van der Waals surface area contributed by atoms with Gasteiger partial charge in [-0.1, -0.05) is 20.8 Å². The molecule has 1 aromatic heterocycles. The lowest BCUT2D eigenvalue weighted by molar-refractivity contribution is 0.0817. The number of hydrogen-bond acceptors (Lipinski definition) is 3. The first kappa shape index (κ1) is 14.7. The summed E-state index contributed by atoms with van der Waals surface area (Å²) in [4.78, 5) is 12.3. The molecule has 102 valence electrons. The first-order chi connectivity index (χ1) is 8.51. The van der Waals surface area contributed by atoms with Crippen LogP contribution in [-0.4, -0.2) is 32.9 Å². The van der Waals surface area contributed by atoms with Crippen molar-refractivity contribution < 1.29 is 9.90 Å². The maximum atomic E-state index is 12.3. The summed E-state index contributed by atoms with van der Waals surface area (Å²) in [6, 6.07) is 0. The number of nitrogens with zero attached hydrogens (tertiary/aromatic N) is 2. The Morgan fingerprint density at radius 2 is 2.06 bits per heavy atom. The van der Waals surface area contributed by atoms with E-state index in [2.05, 4.69) is 10.4 Å². The van der Waals surface area contributed by atoms with E-state index in [9.17, 15) is 9.90 Å². The summed E-state index contributed by atoms with van der Waals surface area (Å²) in [5, 5.41) is 16.7. The molecule has 0 saturated carbocycles. The third kappa shape index (κ3) is 2.90. The Balaban J connectivity index is 2.93. The first-order valence-electron chi connectivity index (χ1n) is 6.47. The van der Waals surface area contributed by atoms with Gasteiger partial charge in [-0.25, -0.2) is 0 Å². The van der Waals surface area contributed by atoms with Crippen LogP contribution in [-0.2, 0) is 13.5 Å². The minimum atomic E-state index is -0.530. The number of carbonyl (C=O) groups excluding carboxylic acids is 1. The van der Waals surface area contributed by atoms with Crippen LogP contribution < -0.4 is 5.32 Å². The van der Waals surface area contributed by atoms with Gasteiger partial charge >= 0.3 is 0 Å². The second-order valence-corrected chi connectivity index (χ2v) is 4.62. The summed E-state index contributed by atoms with van der Waals surface area (Å²) < 4.78 is 1.65. The Hall–Kier alpha value is -1.36. The molecular formula is C13H23N3O2. The van der Waals surface area contributed by atoms with Crippen LogP contribution in [0, 0.1) is 0 Å². The van der Waals surface area contributed by atoms with Crippen molar-refractivity contribution in [3.05, 3.63) is 17.5 Å². The van der Waals surface area contributed by atoms with Gasteiger partial charge in [-0.3, -0.25) is 9.48 Å². The Labute approximate surface area is 108 Å². The number of rotatable bonds is 6. The topological polar surface area (TPSA) is 67.2 Å². The van der Waals surface area contributed by atoms with Crippen molar-refractivity contribution >= 4 is 5.91 Å². The predicted octanol–water partition coefficient (Wildman–Crippen LogP) is 1.26. The monoisotopic (exact) mass is 253 g/mol. The van der Waals surface area contributed by atoms with Gasteiger partial charge in [0.05, 0.1) is 23.4 Å². The quantitative estimate of drug-likeness (QED) is 0.802. The van der Waals surface area contributed by atoms with E-state index >= 15 is 0 Å². The predicted molar refractivity (Wildman–Crippen MR) is 70.5 cm³/mol. The van der Waals surface area contributed by atoms with E-state index in [1.165, 1.54) is 0 Å². The number of aliphatic hydroxyl groups excluding tert-OH is 1. The Morgan fingerprint density at radius 1 is 1.44 bits per heavy atom. The molecular weight excluding hydrogens is 230 g/mol. The van der Waals surface area contributed by atoms with E-state index < -0.39 is 5.54 Å². The number of hydrogen-bond donors (Lipinski definition) is 2. The van der Waals surface area contributed by atoms with E-state index in [4.69, 9.17) is 0 Å². The molecule has 0 radical (unpaired) electrons. The molecule has 1 rings (SSSR count). The van der Waals surface area contributed by atoms with Crippen LogP contribution in [0.1, 0.15) is 49.7 Å². The number of aliphatic hydroxyl groups is 1. The van der Waals surface area contributed by atoms with E-state index in [1.54, 1.807) is 17.9 Å². The molecule has 1 heterocycles. The lowest BCUT2D eigenvalue weighted by Gasteiger charge is -2.30. The smallest absolute Gasteiger partial charge is 0.255 e. The van der Waals surface area contributed by atoms with Gasteiger partial charge in [0, 0.05) is 13.2 Å². The zero-order chi connectivity index (χ0) is 13.8. The Morgan fingerprint density at radius 3 is 2.50 bits per heavy atom. The maximum Gasteiger partial charge on any atom is 0.255 e. The van der Waals surface area contributed by atoms with Crippen LogP contribution in [0.2, 0.25) is 0 Å². The molecule has 1 amide bonds. The average molecular weight is 253 g/mol. The number of amides is 1. The molecule has 0 bridgehead atoms. The summed E-state index contributed by atoms with van der Waals surface area (Å²) in [6.45, 7) is 5.85. The van der Waals surface area contributed by atoms with Gasteiger partial charge in [-0.15, -0.1) is 0 Å². The van der Waals surface area contributed by atoms with Gasteiger partial charge in [0.25, 0.3) is 5.91 Å². The molecule has 2 N–H and O–H groups in total. The molecule has 0 aliphatic carbocycles. The highest BCUT2D eigenvalue weighted by molar-refractivity contribution is 5.95. The molecule has 0 unspecified atom stereocenters. The minimum absolute atomic E-state index is 0.0482. The van der Waals surface area contributed by atoms with Crippen LogP contribution >= 0.6 is 0 Å². The van der Waals surface area contributed by atoms with Gasteiger partial charge in [0.2, 0.25) is 0 Å². The molecule has 0 aliphatic rings. The van der Waals surface area contributed by atoms with Gasteiger partial charge in [-0.2, -0.15) is 5.10 Å². The zero-order valence-electron chi connectivity index (χ0n) is 11.7. The van der Waals surface area contributed by atoms with Crippen molar-refractivity contribution in [2.45, 2.75) is 45.6 Å². The van der Waals surface area contributed by atoms with E-state index in [0.29, 0.717) is 24.8 Å². The molecule has 0 atom stereocenters. The van der Waals surface area contributed by atoms with Crippen LogP contribution in [0.3, 0.4) is 0 Å². The van der Waals surface area contributed by atoms with Crippen molar-refractivity contribution in [2.24, 2.45) is 7.05 Å².